The second kappa shape index (κ2) is 11.2. The van der Waals surface area contributed by atoms with Gasteiger partial charge in [-0.25, -0.2) is 18.0 Å². The minimum absolute atomic E-state index is 0.00164. The van der Waals surface area contributed by atoms with Crippen molar-refractivity contribution in [1.29, 1.82) is 0 Å². The van der Waals surface area contributed by atoms with E-state index in [1.165, 1.54) is 18.2 Å². The Morgan fingerprint density at radius 2 is 1.66 bits per heavy atom. The molecule has 0 radical (unpaired) electrons. The molecule has 14 heteroatoms. The van der Waals surface area contributed by atoms with Gasteiger partial charge in [-0.2, -0.15) is 8.75 Å². The Labute approximate surface area is 226 Å². The fraction of sp³-hybridized carbons (Fsp3) is 0.208. The van der Waals surface area contributed by atoms with Gasteiger partial charge >= 0.3 is 11.9 Å². The van der Waals surface area contributed by atoms with E-state index < -0.39 is 27.9 Å². The first-order chi connectivity index (χ1) is 18.2. The van der Waals surface area contributed by atoms with Crippen LogP contribution >= 0.6 is 23.1 Å². The number of carbonyl (C=O) groups is 3. The Morgan fingerprint density at radius 1 is 0.947 bits per heavy atom. The molecule has 0 fully saturated rings. The van der Waals surface area contributed by atoms with E-state index in [9.17, 15) is 22.8 Å². The van der Waals surface area contributed by atoms with Crippen LogP contribution < -0.4 is 10.0 Å². The summed E-state index contributed by atoms with van der Waals surface area (Å²) in [6, 6.07) is 10.6. The molecule has 0 unspecified atom stereocenters. The molecule has 11 nitrogen and oxygen atoms in total. The summed E-state index contributed by atoms with van der Waals surface area (Å²) in [5, 5.41) is 2.71. The molecule has 2 N–H and O–H groups in total. The Balaban J connectivity index is 1.69. The van der Waals surface area contributed by atoms with Gasteiger partial charge in [0.1, 0.15) is 25.8 Å². The highest BCUT2D eigenvalue weighted by Gasteiger charge is 2.28. The molecule has 0 bridgehead atoms. The number of esters is 2. The van der Waals surface area contributed by atoms with Gasteiger partial charge in [0.15, 0.2) is 0 Å². The first-order valence-corrected chi connectivity index (χ1v) is 14.3. The summed E-state index contributed by atoms with van der Waals surface area (Å²) in [4.78, 5) is 38.5. The highest BCUT2D eigenvalue weighted by molar-refractivity contribution is 7.93. The molecule has 0 aliphatic heterocycles. The van der Waals surface area contributed by atoms with Crippen LogP contribution in [0.2, 0.25) is 0 Å². The lowest BCUT2D eigenvalue weighted by molar-refractivity contribution is 0.0527. The number of amides is 1. The molecule has 1 amide bonds. The molecule has 0 aliphatic rings. The lowest BCUT2D eigenvalue weighted by Crippen LogP contribution is -2.19. The van der Waals surface area contributed by atoms with E-state index in [1.807, 2.05) is 0 Å². The van der Waals surface area contributed by atoms with Crippen molar-refractivity contribution in [2.45, 2.75) is 25.7 Å². The normalized spacial score (nSPS) is 11.2. The molecule has 2 heterocycles. The predicted molar refractivity (Wildman–Crippen MR) is 144 cm³/mol. The van der Waals surface area contributed by atoms with E-state index >= 15 is 0 Å². The Morgan fingerprint density at radius 3 is 2.39 bits per heavy atom. The van der Waals surface area contributed by atoms with Gasteiger partial charge in [0, 0.05) is 0 Å². The van der Waals surface area contributed by atoms with Crippen molar-refractivity contribution in [3.05, 3.63) is 64.0 Å². The summed E-state index contributed by atoms with van der Waals surface area (Å²) in [5.74, 6) is -2.06. The zero-order valence-corrected chi connectivity index (χ0v) is 22.9. The number of benzene rings is 2. The molecule has 0 aliphatic carbocycles. The number of nitrogens with one attached hydrogen (secondary N) is 2. The van der Waals surface area contributed by atoms with Crippen molar-refractivity contribution in [3.8, 4) is 0 Å². The third-order valence-electron chi connectivity index (χ3n) is 5.27. The topological polar surface area (TPSA) is 154 Å². The molecule has 0 saturated carbocycles. The number of thiophene rings is 1. The highest BCUT2D eigenvalue weighted by atomic mass is 32.2. The molecular formula is C24H22N4O7S3. The quantitative estimate of drug-likeness (QED) is 0.276. The van der Waals surface area contributed by atoms with Crippen molar-refractivity contribution < 1.29 is 32.3 Å². The van der Waals surface area contributed by atoms with Gasteiger partial charge in [-0.05, 0) is 50.6 Å². The van der Waals surface area contributed by atoms with E-state index in [2.05, 4.69) is 18.8 Å². The fourth-order valence-electron chi connectivity index (χ4n) is 3.58. The average Bonchev–Trinajstić information content (AvgIpc) is 3.48. The number of aromatic nitrogens is 2. The van der Waals surface area contributed by atoms with Crippen LogP contribution in [0.4, 0.5) is 10.7 Å². The number of hydrogen-bond acceptors (Lipinski definition) is 11. The summed E-state index contributed by atoms with van der Waals surface area (Å²) in [7, 11) is -4.15. The predicted octanol–water partition coefficient (Wildman–Crippen LogP) is 4.47. The smallest absolute Gasteiger partial charge is 0.348 e. The van der Waals surface area contributed by atoms with Gasteiger partial charge in [0.2, 0.25) is 0 Å². The van der Waals surface area contributed by atoms with Crippen LogP contribution in [0.25, 0.3) is 11.0 Å². The largest absolute Gasteiger partial charge is 0.462 e. The maximum Gasteiger partial charge on any atom is 0.348 e. The lowest BCUT2D eigenvalue weighted by atomic mass is 10.1. The average molecular weight is 575 g/mol. The van der Waals surface area contributed by atoms with Crippen molar-refractivity contribution in [3.63, 3.8) is 0 Å². The number of anilines is 2. The van der Waals surface area contributed by atoms with Gasteiger partial charge in [0.25, 0.3) is 15.9 Å². The summed E-state index contributed by atoms with van der Waals surface area (Å²) in [5.41, 5.74) is 0.961. The fourth-order valence-corrected chi connectivity index (χ4v) is 6.51. The molecule has 4 aromatic rings. The monoisotopic (exact) mass is 574 g/mol. The van der Waals surface area contributed by atoms with Crippen LogP contribution in [0.1, 0.15) is 49.8 Å². The van der Waals surface area contributed by atoms with Crippen LogP contribution in [0.5, 0.6) is 0 Å². The third kappa shape index (κ3) is 5.37. The number of rotatable bonds is 9. The lowest BCUT2D eigenvalue weighted by Gasteiger charge is -2.13. The molecule has 38 heavy (non-hydrogen) atoms. The number of carbonyl (C=O) groups excluding carboxylic acids is 3. The maximum absolute atomic E-state index is 13.3. The van der Waals surface area contributed by atoms with Crippen molar-refractivity contribution in [1.82, 2.24) is 8.75 Å². The van der Waals surface area contributed by atoms with Crippen LogP contribution in [0.15, 0.2) is 47.4 Å². The minimum Gasteiger partial charge on any atom is -0.462 e. The van der Waals surface area contributed by atoms with Crippen molar-refractivity contribution in [2.75, 3.05) is 23.3 Å². The van der Waals surface area contributed by atoms with Crippen LogP contribution in [0, 0.1) is 6.92 Å². The number of sulfonamides is 1. The zero-order chi connectivity index (χ0) is 27.4. The summed E-state index contributed by atoms with van der Waals surface area (Å²) in [6.07, 6.45) is 0. The first kappa shape index (κ1) is 27.2. The van der Waals surface area contributed by atoms with E-state index in [0.29, 0.717) is 11.1 Å². The number of para-hydroxylation sites is 1. The highest BCUT2D eigenvalue weighted by Crippen LogP contribution is 2.35. The maximum atomic E-state index is 13.3. The summed E-state index contributed by atoms with van der Waals surface area (Å²) in [6.45, 7) is 5.06. The van der Waals surface area contributed by atoms with E-state index in [1.54, 1.807) is 45.0 Å². The van der Waals surface area contributed by atoms with E-state index in [4.69, 9.17) is 9.47 Å². The third-order valence-corrected chi connectivity index (χ3v) is 8.40. The second-order valence-electron chi connectivity index (χ2n) is 7.69. The summed E-state index contributed by atoms with van der Waals surface area (Å²) >= 11 is 1.76. The van der Waals surface area contributed by atoms with Gasteiger partial charge in [0.05, 0.1) is 41.8 Å². The number of nitrogens with zero attached hydrogens (tertiary/aromatic N) is 2. The number of ether oxygens (including phenoxy) is 2. The van der Waals surface area contributed by atoms with Crippen molar-refractivity contribution in [2.24, 2.45) is 0 Å². The molecule has 0 atom stereocenters. The van der Waals surface area contributed by atoms with Crippen LogP contribution in [-0.2, 0) is 19.5 Å². The molecule has 4 rings (SSSR count). The number of fused-ring (bicyclic) bond motifs is 1. The Hall–Kier alpha value is -3.88. The Kier molecular flexibility index (Phi) is 8.04. The van der Waals surface area contributed by atoms with Gasteiger partial charge in [-0.15, -0.1) is 11.3 Å². The Bertz CT molecular complexity index is 1640. The molecular weight excluding hydrogens is 552 g/mol. The summed E-state index contributed by atoms with van der Waals surface area (Å²) < 4.78 is 47.2. The second-order valence-corrected chi connectivity index (χ2v) is 10.9. The molecule has 198 valence electrons. The SMILES string of the molecule is CCOC(=O)c1sc(NC(=O)c2ccccc2NS(=O)(=O)c2cccc3nsnc23)c(C(=O)OCC)c1C. The van der Waals surface area contributed by atoms with E-state index in [-0.39, 0.29) is 50.3 Å². The molecule has 2 aromatic heterocycles. The first-order valence-electron chi connectivity index (χ1n) is 11.3. The van der Waals surface area contributed by atoms with Crippen LogP contribution in [-0.4, -0.2) is 48.2 Å². The molecule has 0 spiro atoms. The number of hydrogen-bond donors (Lipinski definition) is 2. The minimum atomic E-state index is -4.15. The zero-order valence-electron chi connectivity index (χ0n) is 20.4. The van der Waals surface area contributed by atoms with Gasteiger partial charge in [-0.3, -0.25) is 9.52 Å². The standard InChI is InChI=1S/C24H22N4O7S3/c1-4-34-23(30)18-13(3)20(24(31)35-5-2)36-22(18)25-21(29)14-9-6-7-10-15(14)28-38(32,33)17-12-8-11-16-19(17)27-37-26-16/h6-12,28H,4-5H2,1-3H3,(H,25,29). The molecule has 2 aromatic carbocycles. The van der Waals surface area contributed by atoms with Crippen LogP contribution in [0.3, 0.4) is 0 Å². The molecule has 0 saturated heterocycles. The van der Waals surface area contributed by atoms with Crippen molar-refractivity contribution >= 4 is 72.7 Å². The van der Waals surface area contributed by atoms with E-state index in [0.717, 1.165) is 23.1 Å². The van der Waals surface area contributed by atoms with Gasteiger partial charge in [-0.1, -0.05) is 18.2 Å². The van der Waals surface area contributed by atoms with Gasteiger partial charge < -0.3 is 14.8 Å².